The van der Waals surface area contributed by atoms with Crippen molar-refractivity contribution in [2.45, 2.75) is 44.3 Å². The number of likely N-dealkylation sites (N-methyl/N-ethyl adjacent to an activating group) is 1. The first-order valence-electron chi connectivity index (χ1n) is 15.0. The number of nitrogens with two attached hydrogens (primary N) is 1. The average molecular weight is 610 g/mol. The van der Waals surface area contributed by atoms with Gasteiger partial charge in [0.25, 0.3) is 5.91 Å². The van der Waals surface area contributed by atoms with E-state index in [1.54, 1.807) is 47.5 Å². The molecule has 232 valence electrons. The van der Waals surface area contributed by atoms with Crippen molar-refractivity contribution in [1.82, 2.24) is 24.6 Å². The Morgan fingerprint density at radius 2 is 1.98 bits per heavy atom. The van der Waals surface area contributed by atoms with E-state index in [-0.39, 0.29) is 34.9 Å². The number of carbonyl (C=O) groups is 1. The smallest absolute Gasteiger partial charge is 0.264 e. The van der Waals surface area contributed by atoms with E-state index < -0.39 is 11.4 Å². The monoisotopic (exact) mass is 609 g/mol. The van der Waals surface area contributed by atoms with E-state index in [0.717, 1.165) is 12.8 Å². The summed E-state index contributed by atoms with van der Waals surface area (Å²) in [6.07, 6.45) is 4.81. The number of aromatic nitrogens is 3. The number of likely N-dealkylation sites (tertiary alicyclic amines) is 1. The van der Waals surface area contributed by atoms with Gasteiger partial charge in [-0.1, -0.05) is 18.2 Å². The Balaban J connectivity index is 1.28. The highest BCUT2D eigenvalue weighted by molar-refractivity contribution is 6.00. The second-order valence-corrected chi connectivity index (χ2v) is 12.1. The van der Waals surface area contributed by atoms with Crippen LogP contribution in [0.5, 0.6) is 11.5 Å². The van der Waals surface area contributed by atoms with Crippen molar-refractivity contribution in [2.24, 2.45) is 0 Å². The molecule has 10 nitrogen and oxygen atoms in total. The predicted octanol–water partition coefficient (Wildman–Crippen LogP) is 5.33. The van der Waals surface area contributed by atoms with Crippen molar-refractivity contribution in [1.29, 1.82) is 5.26 Å². The van der Waals surface area contributed by atoms with Gasteiger partial charge < -0.3 is 20.1 Å². The fourth-order valence-electron chi connectivity index (χ4n) is 5.98. The molecule has 45 heavy (non-hydrogen) atoms. The number of amides is 1. The number of pyridine rings is 1. The maximum Gasteiger partial charge on any atom is 0.264 e. The lowest BCUT2D eigenvalue weighted by Crippen LogP contribution is -2.55. The van der Waals surface area contributed by atoms with Crippen molar-refractivity contribution < 1.29 is 18.7 Å². The van der Waals surface area contributed by atoms with E-state index in [1.165, 1.54) is 6.07 Å². The number of halogens is 1. The lowest BCUT2D eigenvalue weighted by molar-refractivity contribution is -0.128. The van der Waals surface area contributed by atoms with Gasteiger partial charge in [-0.25, -0.2) is 9.37 Å². The zero-order valence-electron chi connectivity index (χ0n) is 25.6. The summed E-state index contributed by atoms with van der Waals surface area (Å²) in [5, 5.41) is 15.4. The normalized spacial score (nSPS) is 17.7. The van der Waals surface area contributed by atoms with Crippen LogP contribution in [-0.4, -0.2) is 75.4 Å². The van der Waals surface area contributed by atoms with Gasteiger partial charge in [0.2, 0.25) is 0 Å². The molecule has 0 unspecified atom stereocenters. The lowest BCUT2D eigenvalue weighted by atomic mass is 9.96. The van der Waals surface area contributed by atoms with Gasteiger partial charge in [-0.05, 0) is 70.1 Å². The van der Waals surface area contributed by atoms with Gasteiger partial charge >= 0.3 is 0 Å². The molecule has 2 saturated heterocycles. The van der Waals surface area contributed by atoms with Gasteiger partial charge in [0, 0.05) is 36.5 Å². The molecule has 2 aromatic heterocycles. The molecule has 2 N–H and O–H groups in total. The van der Waals surface area contributed by atoms with Crippen LogP contribution in [-0.2, 0) is 9.53 Å². The Hall–Kier alpha value is -4.79. The number of carbonyl (C=O) groups excluding carboxylic acids is 1. The summed E-state index contributed by atoms with van der Waals surface area (Å²) >= 11 is 0. The van der Waals surface area contributed by atoms with E-state index in [4.69, 9.17) is 20.3 Å². The first-order chi connectivity index (χ1) is 21.7. The van der Waals surface area contributed by atoms with Gasteiger partial charge in [-0.15, -0.1) is 0 Å². The minimum absolute atomic E-state index is 0.104. The number of fused-ring (bicyclic) bond motifs is 1. The average Bonchev–Trinajstić information content (AvgIpc) is 3.40. The van der Waals surface area contributed by atoms with Gasteiger partial charge in [-0.3, -0.25) is 14.4 Å². The number of hydrogen-bond acceptors (Lipinski definition) is 8. The molecule has 0 aliphatic carbocycles. The van der Waals surface area contributed by atoms with Gasteiger partial charge in [0.05, 0.1) is 36.2 Å². The SMILES string of the molecule is CN(C1COC1)C(C)(C)C=C(C#N)C(=O)N1CCC[C@@H](n2nc(-c3ccc(Oc4ccccc4)cc3F)c3c(N)nccc32)C1. The number of nitrogens with zero attached hydrogens (tertiary/aromatic N) is 6. The number of nitriles is 1. The summed E-state index contributed by atoms with van der Waals surface area (Å²) in [6, 6.07) is 17.8. The third kappa shape index (κ3) is 5.99. The number of piperidine rings is 1. The number of ether oxygens (including phenoxy) is 2. The van der Waals surface area contributed by atoms with Crippen molar-refractivity contribution in [3.05, 3.63) is 78.3 Å². The standard InChI is InChI=1S/C34H36FN7O3/c1-34(2,40(3)24-20-44-21-24)17-22(18-36)33(43)41-15-7-8-23(19-41)42-29-13-14-38-32(37)30(29)31(39-42)27-12-11-26(16-28(27)35)45-25-9-5-4-6-10-25/h4-6,9-14,16-17,23-24H,7-8,15,19-21H2,1-3H3,(H2,37,38)/t23-/m1/s1. The number of rotatable bonds is 8. The summed E-state index contributed by atoms with van der Waals surface area (Å²) in [4.78, 5) is 21.8. The van der Waals surface area contributed by atoms with Gasteiger partial charge in [0.15, 0.2) is 0 Å². The quantitative estimate of drug-likeness (QED) is 0.210. The van der Waals surface area contributed by atoms with Crippen LogP contribution in [0.4, 0.5) is 10.2 Å². The topological polar surface area (TPSA) is 123 Å². The summed E-state index contributed by atoms with van der Waals surface area (Å²) < 4.78 is 28.6. The first-order valence-corrected chi connectivity index (χ1v) is 15.0. The minimum atomic E-state index is -0.520. The fourth-order valence-corrected chi connectivity index (χ4v) is 5.98. The molecule has 4 heterocycles. The van der Waals surface area contributed by atoms with Crippen LogP contribution in [0.25, 0.3) is 22.2 Å². The largest absolute Gasteiger partial charge is 0.457 e. The van der Waals surface area contributed by atoms with E-state index in [0.29, 0.717) is 54.4 Å². The molecule has 2 aromatic carbocycles. The Morgan fingerprint density at radius 1 is 1.20 bits per heavy atom. The lowest BCUT2D eigenvalue weighted by Gasteiger charge is -2.43. The molecule has 6 rings (SSSR count). The maximum atomic E-state index is 15.6. The molecule has 2 fully saturated rings. The van der Waals surface area contributed by atoms with E-state index >= 15 is 4.39 Å². The molecule has 0 radical (unpaired) electrons. The molecule has 2 aliphatic rings. The summed E-state index contributed by atoms with van der Waals surface area (Å²) in [5.41, 5.74) is 7.25. The summed E-state index contributed by atoms with van der Waals surface area (Å²) in [5.74, 6) is 0.368. The van der Waals surface area contributed by atoms with Crippen molar-refractivity contribution in [2.75, 3.05) is 39.1 Å². The fraction of sp³-hybridized carbons (Fsp3) is 0.353. The highest BCUT2D eigenvalue weighted by Gasteiger charge is 2.35. The third-order valence-electron chi connectivity index (χ3n) is 8.78. The van der Waals surface area contributed by atoms with Crippen molar-refractivity contribution in [3.63, 3.8) is 0 Å². The molecular weight excluding hydrogens is 573 g/mol. The number of anilines is 1. The molecule has 2 aliphatic heterocycles. The van der Waals surface area contributed by atoms with E-state index in [9.17, 15) is 10.1 Å². The van der Waals surface area contributed by atoms with E-state index in [2.05, 4.69) is 16.0 Å². The maximum absolute atomic E-state index is 15.6. The van der Waals surface area contributed by atoms with Crippen molar-refractivity contribution >= 4 is 22.6 Å². The second kappa shape index (κ2) is 12.3. The van der Waals surface area contributed by atoms with Crippen LogP contribution in [0, 0.1) is 17.1 Å². The van der Waals surface area contributed by atoms with Crippen LogP contribution in [0.2, 0.25) is 0 Å². The van der Waals surface area contributed by atoms with Crippen LogP contribution in [0.1, 0.15) is 32.7 Å². The Bertz CT molecular complexity index is 1790. The Labute approximate surface area is 261 Å². The summed E-state index contributed by atoms with van der Waals surface area (Å²) in [6.45, 7) is 6.11. The zero-order valence-corrected chi connectivity index (χ0v) is 25.6. The van der Waals surface area contributed by atoms with Crippen LogP contribution in [0.15, 0.2) is 72.4 Å². The molecule has 1 atom stereocenters. The highest BCUT2D eigenvalue weighted by Crippen LogP contribution is 2.37. The molecule has 0 bridgehead atoms. The second-order valence-electron chi connectivity index (χ2n) is 12.1. The molecular formula is C34H36FN7O3. The highest BCUT2D eigenvalue weighted by atomic mass is 19.1. The number of benzene rings is 2. The minimum Gasteiger partial charge on any atom is -0.457 e. The third-order valence-corrected chi connectivity index (χ3v) is 8.78. The van der Waals surface area contributed by atoms with Crippen molar-refractivity contribution in [3.8, 4) is 28.8 Å². The molecule has 4 aromatic rings. The van der Waals surface area contributed by atoms with E-state index in [1.807, 2.05) is 43.8 Å². The molecule has 1 amide bonds. The molecule has 0 spiro atoms. The molecule has 11 heteroatoms. The molecule has 0 saturated carbocycles. The summed E-state index contributed by atoms with van der Waals surface area (Å²) in [7, 11) is 1.98. The number of hydrogen-bond donors (Lipinski definition) is 1. The predicted molar refractivity (Wildman–Crippen MR) is 169 cm³/mol. The van der Waals surface area contributed by atoms with Crippen LogP contribution in [0.3, 0.4) is 0 Å². The Kier molecular flexibility index (Phi) is 8.27. The first kappa shape index (κ1) is 30.2. The van der Waals surface area contributed by atoms with Gasteiger partial charge in [-0.2, -0.15) is 10.4 Å². The van der Waals surface area contributed by atoms with Crippen LogP contribution >= 0.6 is 0 Å². The number of para-hydroxylation sites is 1. The van der Waals surface area contributed by atoms with Gasteiger partial charge in [0.1, 0.15) is 40.5 Å². The van der Waals surface area contributed by atoms with Crippen LogP contribution < -0.4 is 10.5 Å². The Morgan fingerprint density at radius 3 is 2.67 bits per heavy atom. The number of nitrogen functional groups attached to an aromatic ring is 1. The zero-order chi connectivity index (χ0) is 31.7.